The zero-order chi connectivity index (χ0) is 25.2. The Kier molecular flexibility index (Phi) is 6.83. The predicted molar refractivity (Wildman–Crippen MR) is 126 cm³/mol. The first-order valence-corrected chi connectivity index (χ1v) is 12.3. The summed E-state index contributed by atoms with van der Waals surface area (Å²) >= 11 is 0. The molecule has 35 heavy (non-hydrogen) atoms. The molecule has 3 aromatic rings. The van der Waals surface area contributed by atoms with Crippen molar-refractivity contribution in [2.24, 2.45) is 0 Å². The standard InChI is InChI=1S/C25H22F2N2O5S/c1-2-34-25(31)21-11-10-19(15-22(21)27)28-24(30)17-9-8-16-5-4-12-29(23(16)13-17)35(32,33)20-7-3-6-18(26)14-20/h3,6-11,13-15H,2,4-5,12H2,1H3,(H,28,30). The van der Waals surface area contributed by atoms with E-state index in [0.717, 1.165) is 23.8 Å². The van der Waals surface area contributed by atoms with Crippen LogP contribution >= 0.6 is 0 Å². The van der Waals surface area contributed by atoms with Crippen molar-refractivity contribution in [3.05, 3.63) is 89.0 Å². The molecule has 1 aliphatic rings. The molecule has 182 valence electrons. The summed E-state index contributed by atoms with van der Waals surface area (Å²) in [6, 6.07) is 13.0. The van der Waals surface area contributed by atoms with Crippen LogP contribution in [0.2, 0.25) is 0 Å². The van der Waals surface area contributed by atoms with Gasteiger partial charge in [0.15, 0.2) is 0 Å². The first-order valence-electron chi connectivity index (χ1n) is 10.9. The molecule has 0 bridgehead atoms. The van der Waals surface area contributed by atoms with E-state index in [1.165, 1.54) is 34.6 Å². The van der Waals surface area contributed by atoms with Gasteiger partial charge in [0, 0.05) is 17.8 Å². The fourth-order valence-electron chi connectivity index (χ4n) is 3.86. The Morgan fingerprint density at radius 1 is 1.06 bits per heavy atom. The SMILES string of the molecule is CCOC(=O)c1ccc(NC(=O)c2ccc3c(c2)N(S(=O)(=O)c2cccc(F)c2)CCC3)cc1F. The summed E-state index contributed by atoms with van der Waals surface area (Å²) in [5.41, 5.74) is 1.08. The Bertz CT molecular complexity index is 1410. The molecule has 0 atom stereocenters. The molecule has 0 fully saturated rings. The Morgan fingerprint density at radius 2 is 1.86 bits per heavy atom. The van der Waals surface area contributed by atoms with Gasteiger partial charge in [-0.1, -0.05) is 12.1 Å². The van der Waals surface area contributed by atoms with Crippen molar-refractivity contribution < 1.29 is 31.5 Å². The van der Waals surface area contributed by atoms with E-state index in [2.05, 4.69) is 5.32 Å². The Hall–Kier alpha value is -3.79. The van der Waals surface area contributed by atoms with E-state index in [0.29, 0.717) is 18.5 Å². The van der Waals surface area contributed by atoms with Crippen molar-refractivity contribution in [2.75, 3.05) is 22.8 Å². The molecule has 4 rings (SSSR count). The summed E-state index contributed by atoms with van der Waals surface area (Å²) in [4.78, 5) is 24.4. The van der Waals surface area contributed by atoms with Gasteiger partial charge in [0.05, 0.1) is 22.8 Å². The van der Waals surface area contributed by atoms with Crippen LogP contribution in [-0.2, 0) is 21.2 Å². The molecule has 0 radical (unpaired) electrons. The van der Waals surface area contributed by atoms with E-state index in [-0.39, 0.29) is 34.9 Å². The van der Waals surface area contributed by atoms with Gasteiger partial charge in [-0.25, -0.2) is 22.0 Å². The van der Waals surface area contributed by atoms with Crippen molar-refractivity contribution in [1.29, 1.82) is 0 Å². The Labute approximate surface area is 201 Å². The number of amides is 1. The minimum atomic E-state index is -4.05. The number of halogens is 2. The van der Waals surface area contributed by atoms with Gasteiger partial charge in [-0.05, 0) is 73.9 Å². The van der Waals surface area contributed by atoms with Crippen molar-refractivity contribution in [3.8, 4) is 0 Å². The van der Waals surface area contributed by atoms with Crippen molar-refractivity contribution in [2.45, 2.75) is 24.7 Å². The molecule has 7 nitrogen and oxygen atoms in total. The fraction of sp³-hybridized carbons (Fsp3) is 0.200. The van der Waals surface area contributed by atoms with Gasteiger partial charge in [-0.3, -0.25) is 9.10 Å². The van der Waals surface area contributed by atoms with Crippen LogP contribution in [0.25, 0.3) is 0 Å². The van der Waals surface area contributed by atoms with Crippen LogP contribution in [0.1, 0.15) is 39.6 Å². The summed E-state index contributed by atoms with van der Waals surface area (Å²) in [5.74, 6) is -2.92. The van der Waals surface area contributed by atoms with E-state index in [1.807, 2.05) is 0 Å². The maximum absolute atomic E-state index is 14.3. The molecule has 0 spiro atoms. The van der Waals surface area contributed by atoms with E-state index in [4.69, 9.17) is 4.74 Å². The molecule has 0 unspecified atom stereocenters. The molecule has 1 amide bonds. The number of rotatable bonds is 6. The number of nitrogens with one attached hydrogen (secondary N) is 1. The minimum absolute atomic E-state index is 0.0983. The van der Waals surface area contributed by atoms with Gasteiger partial charge >= 0.3 is 5.97 Å². The molecular formula is C25H22F2N2O5S. The first-order chi connectivity index (χ1) is 16.7. The maximum Gasteiger partial charge on any atom is 0.341 e. The summed E-state index contributed by atoms with van der Waals surface area (Å²) in [6.07, 6.45) is 1.19. The van der Waals surface area contributed by atoms with Gasteiger partial charge in [0.2, 0.25) is 0 Å². The highest BCUT2D eigenvalue weighted by molar-refractivity contribution is 7.92. The number of benzene rings is 3. The van der Waals surface area contributed by atoms with Crippen LogP contribution in [-0.4, -0.2) is 33.4 Å². The number of esters is 1. The van der Waals surface area contributed by atoms with Crippen molar-refractivity contribution >= 4 is 33.3 Å². The van der Waals surface area contributed by atoms with Crippen LogP contribution in [0.5, 0.6) is 0 Å². The summed E-state index contributed by atoms with van der Waals surface area (Å²) < 4.78 is 60.4. The third-order valence-corrected chi connectivity index (χ3v) is 7.34. The number of hydrogen-bond acceptors (Lipinski definition) is 5. The lowest BCUT2D eigenvalue weighted by atomic mass is 10.0. The lowest BCUT2D eigenvalue weighted by Crippen LogP contribution is -2.35. The smallest absolute Gasteiger partial charge is 0.341 e. The lowest BCUT2D eigenvalue weighted by Gasteiger charge is -2.31. The highest BCUT2D eigenvalue weighted by Gasteiger charge is 2.30. The quantitative estimate of drug-likeness (QED) is 0.502. The molecule has 0 saturated carbocycles. The number of carbonyl (C=O) groups excluding carboxylic acids is 2. The first kappa shape index (κ1) is 24.3. The molecule has 3 aromatic carbocycles. The summed E-state index contributed by atoms with van der Waals surface area (Å²) in [5, 5.41) is 2.55. The molecule has 10 heteroatoms. The van der Waals surface area contributed by atoms with Crippen LogP contribution in [0, 0.1) is 11.6 Å². The number of sulfonamides is 1. The van der Waals surface area contributed by atoms with Crippen LogP contribution < -0.4 is 9.62 Å². The molecule has 0 aliphatic carbocycles. The Morgan fingerprint density at radius 3 is 2.57 bits per heavy atom. The van der Waals surface area contributed by atoms with Gasteiger partial charge < -0.3 is 10.1 Å². The monoisotopic (exact) mass is 500 g/mol. The van der Waals surface area contributed by atoms with E-state index in [1.54, 1.807) is 19.1 Å². The second kappa shape index (κ2) is 9.83. The fourth-order valence-corrected chi connectivity index (χ4v) is 5.42. The highest BCUT2D eigenvalue weighted by atomic mass is 32.2. The summed E-state index contributed by atoms with van der Waals surface area (Å²) in [6.45, 7) is 1.88. The highest BCUT2D eigenvalue weighted by Crippen LogP contribution is 2.33. The largest absolute Gasteiger partial charge is 0.462 e. The molecule has 0 saturated heterocycles. The zero-order valence-corrected chi connectivity index (χ0v) is 19.6. The number of aryl methyl sites for hydroxylation is 1. The number of carbonyl (C=O) groups is 2. The molecule has 1 N–H and O–H groups in total. The number of nitrogens with zero attached hydrogens (tertiary/aromatic N) is 1. The number of ether oxygens (including phenoxy) is 1. The average molecular weight is 501 g/mol. The topological polar surface area (TPSA) is 92.8 Å². The van der Waals surface area contributed by atoms with E-state index >= 15 is 0 Å². The second-order valence-corrected chi connectivity index (χ2v) is 9.71. The van der Waals surface area contributed by atoms with Gasteiger partial charge in [-0.2, -0.15) is 0 Å². The summed E-state index contributed by atoms with van der Waals surface area (Å²) in [7, 11) is -4.05. The zero-order valence-electron chi connectivity index (χ0n) is 18.8. The molecule has 1 aliphatic heterocycles. The molecule has 0 aromatic heterocycles. The maximum atomic E-state index is 14.3. The van der Waals surface area contributed by atoms with Crippen molar-refractivity contribution in [3.63, 3.8) is 0 Å². The third kappa shape index (κ3) is 5.02. The van der Waals surface area contributed by atoms with Crippen molar-refractivity contribution in [1.82, 2.24) is 0 Å². The third-order valence-electron chi connectivity index (χ3n) is 5.53. The van der Waals surface area contributed by atoms with Crippen LogP contribution in [0.15, 0.2) is 65.6 Å². The van der Waals surface area contributed by atoms with Crippen LogP contribution in [0.3, 0.4) is 0 Å². The van der Waals surface area contributed by atoms with Gasteiger partial charge in [0.1, 0.15) is 11.6 Å². The van der Waals surface area contributed by atoms with Gasteiger partial charge in [-0.15, -0.1) is 0 Å². The predicted octanol–water partition coefficient (Wildman–Crippen LogP) is 4.54. The number of anilines is 2. The van der Waals surface area contributed by atoms with E-state index in [9.17, 15) is 26.8 Å². The van der Waals surface area contributed by atoms with E-state index < -0.39 is 33.5 Å². The minimum Gasteiger partial charge on any atom is -0.462 e. The molecular weight excluding hydrogens is 478 g/mol. The normalized spacial score (nSPS) is 13.2. The number of hydrogen-bond donors (Lipinski definition) is 1. The Balaban J connectivity index is 1.61. The molecule has 1 heterocycles. The van der Waals surface area contributed by atoms with Gasteiger partial charge in [0.25, 0.3) is 15.9 Å². The average Bonchev–Trinajstić information content (AvgIpc) is 2.83. The second-order valence-electron chi connectivity index (χ2n) is 7.85. The number of fused-ring (bicyclic) bond motifs is 1. The van der Waals surface area contributed by atoms with Crippen LogP contribution in [0.4, 0.5) is 20.2 Å². The lowest BCUT2D eigenvalue weighted by molar-refractivity contribution is 0.0521.